The number of rotatable bonds is 5. The first-order chi connectivity index (χ1) is 8.83. The van der Waals surface area contributed by atoms with Crippen molar-refractivity contribution in [1.82, 2.24) is 20.5 Å². The Balaban J connectivity index is 1.59. The molecule has 1 saturated heterocycles. The van der Waals surface area contributed by atoms with Gasteiger partial charge < -0.3 is 5.32 Å². The van der Waals surface area contributed by atoms with Crippen LogP contribution in [0.25, 0.3) is 0 Å². The topological polar surface area (TPSA) is 54.2 Å². The number of piperidine rings is 1. The van der Waals surface area contributed by atoms with Crippen LogP contribution in [0, 0.1) is 6.92 Å². The van der Waals surface area contributed by atoms with E-state index in [1.165, 1.54) is 38.6 Å². The molecule has 0 bridgehead atoms. The molecular formula is C13H22N4O. The summed E-state index contributed by atoms with van der Waals surface area (Å²) < 4.78 is 4.79. The molecule has 1 unspecified atom stereocenters. The number of hydrogen-bond acceptors (Lipinski definition) is 5. The van der Waals surface area contributed by atoms with Crippen LogP contribution < -0.4 is 5.32 Å². The molecule has 3 rings (SSSR count). The molecule has 0 aromatic carbocycles. The molecule has 0 spiro atoms. The van der Waals surface area contributed by atoms with Crippen molar-refractivity contribution in [3.8, 4) is 0 Å². The van der Waals surface area contributed by atoms with Crippen molar-refractivity contribution in [2.24, 2.45) is 0 Å². The molecule has 1 N–H and O–H groups in total. The minimum absolute atomic E-state index is 0.652. The lowest BCUT2D eigenvalue weighted by Crippen LogP contribution is -2.44. The second kappa shape index (κ2) is 5.36. The van der Waals surface area contributed by atoms with E-state index in [4.69, 9.17) is 4.63 Å². The Kier molecular flexibility index (Phi) is 3.61. The molecule has 100 valence electrons. The van der Waals surface area contributed by atoms with Crippen molar-refractivity contribution >= 4 is 0 Å². The summed E-state index contributed by atoms with van der Waals surface area (Å²) >= 11 is 0. The van der Waals surface area contributed by atoms with Crippen LogP contribution in [0.3, 0.4) is 0 Å². The smallest absolute Gasteiger partial charge is 0.122 e. The highest BCUT2D eigenvalue weighted by Crippen LogP contribution is 2.29. The van der Waals surface area contributed by atoms with Gasteiger partial charge in [0.15, 0.2) is 0 Å². The molecule has 1 aliphatic carbocycles. The third-order valence-electron chi connectivity index (χ3n) is 4.03. The van der Waals surface area contributed by atoms with Crippen molar-refractivity contribution in [1.29, 1.82) is 0 Å². The molecule has 1 atom stereocenters. The zero-order chi connectivity index (χ0) is 12.4. The summed E-state index contributed by atoms with van der Waals surface area (Å²) in [7, 11) is 0. The maximum atomic E-state index is 4.79. The molecule has 2 heterocycles. The summed E-state index contributed by atoms with van der Waals surface area (Å²) in [4.78, 5) is 2.55. The Morgan fingerprint density at radius 1 is 1.28 bits per heavy atom. The summed E-state index contributed by atoms with van der Waals surface area (Å²) in [5, 5.41) is 11.5. The summed E-state index contributed by atoms with van der Waals surface area (Å²) in [5.41, 5.74) is 1.93. The van der Waals surface area contributed by atoms with Gasteiger partial charge in [-0.3, -0.25) is 4.90 Å². The SMILES string of the molecule is Cc1nonc1CN(CC1CCCCN1)C1CC1. The fourth-order valence-corrected chi connectivity index (χ4v) is 2.73. The first-order valence-electron chi connectivity index (χ1n) is 7.08. The quantitative estimate of drug-likeness (QED) is 0.858. The lowest BCUT2D eigenvalue weighted by molar-refractivity contribution is 0.201. The molecule has 1 saturated carbocycles. The Morgan fingerprint density at radius 3 is 2.78 bits per heavy atom. The van der Waals surface area contributed by atoms with Crippen LogP contribution in [-0.2, 0) is 6.54 Å². The van der Waals surface area contributed by atoms with E-state index in [1.807, 2.05) is 6.92 Å². The monoisotopic (exact) mass is 250 g/mol. The Bertz CT molecular complexity index is 382. The molecule has 0 amide bonds. The van der Waals surface area contributed by atoms with E-state index in [9.17, 15) is 0 Å². The molecule has 2 aliphatic rings. The number of nitrogens with zero attached hydrogens (tertiary/aromatic N) is 3. The number of hydrogen-bond donors (Lipinski definition) is 1. The van der Waals surface area contributed by atoms with Crippen LogP contribution in [0.15, 0.2) is 4.63 Å². The normalized spacial score (nSPS) is 24.7. The van der Waals surface area contributed by atoms with Crippen LogP contribution in [0.2, 0.25) is 0 Å². The van der Waals surface area contributed by atoms with Gasteiger partial charge in [0.1, 0.15) is 11.4 Å². The van der Waals surface area contributed by atoms with Crippen molar-refractivity contribution in [2.45, 2.75) is 57.7 Å². The molecule has 18 heavy (non-hydrogen) atoms. The van der Waals surface area contributed by atoms with E-state index in [0.717, 1.165) is 30.5 Å². The van der Waals surface area contributed by atoms with Gasteiger partial charge in [0.25, 0.3) is 0 Å². The Hall–Kier alpha value is -0.940. The van der Waals surface area contributed by atoms with Gasteiger partial charge in [0, 0.05) is 25.2 Å². The van der Waals surface area contributed by atoms with Crippen molar-refractivity contribution < 1.29 is 4.63 Å². The third-order valence-corrected chi connectivity index (χ3v) is 4.03. The molecule has 5 nitrogen and oxygen atoms in total. The van der Waals surface area contributed by atoms with Crippen LogP contribution in [0.4, 0.5) is 0 Å². The van der Waals surface area contributed by atoms with E-state index in [2.05, 4.69) is 20.5 Å². The van der Waals surface area contributed by atoms with Gasteiger partial charge in [-0.2, -0.15) is 0 Å². The second-order valence-electron chi connectivity index (χ2n) is 5.60. The van der Waals surface area contributed by atoms with Crippen LogP contribution in [0.1, 0.15) is 43.5 Å². The maximum absolute atomic E-state index is 4.79. The second-order valence-corrected chi connectivity index (χ2v) is 5.60. The summed E-state index contributed by atoms with van der Waals surface area (Å²) in [6.07, 6.45) is 6.65. The van der Waals surface area contributed by atoms with Gasteiger partial charge in [-0.25, -0.2) is 4.63 Å². The largest absolute Gasteiger partial charge is 0.313 e. The highest BCUT2D eigenvalue weighted by atomic mass is 16.6. The molecule has 1 aliphatic heterocycles. The highest BCUT2D eigenvalue weighted by molar-refractivity contribution is 5.05. The van der Waals surface area contributed by atoms with E-state index in [1.54, 1.807) is 0 Å². The predicted octanol–water partition coefficient (Wildman–Crippen LogP) is 1.48. The van der Waals surface area contributed by atoms with Gasteiger partial charge in [0.05, 0.1) is 0 Å². The van der Waals surface area contributed by atoms with E-state index in [0.29, 0.717) is 6.04 Å². The van der Waals surface area contributed by atoms with Gasteiger partial charge in [-0.15, -0.1) is 0 Å². The zero-order valence-electron chi connectivity index (χ0n) is 11.1. The van der Waals surface area contributed by atoms with E-state index in [-0.39, 0.29) is 0 Å². The minimum atomic E-state index is 0.652. The predicted molar refractivity (Wildman–Crippen MR) is 68.1 cm³/mol. The van der Waals surface area contributed by atoms with E-state index >= 15 is 0 Å². The number of nitrogens with one attached hydrogen (secondary N) is 1. The van der Waals surface area contributed by atoms with Crippen molar-refractivity contribution in [3.63, 3.8) is 0 Å². The average Bonchev–Trinajstić information content (AvgIpc) is 3.16. The Morgan fingerprint density at radius 2 is 2.17 bits per heavy atom. The van der Waals surface area contributed by atoms with Gasteiger partial charge in [0.2, 0.25) is 0 Å². The summed E-state index contributed by atoms with van der Waals surface area (Å²) in [6, 6.07) is 1.41. The average molecular weight is 250 g/mol. The molecule has 0 radical (unpaired) electrons. The van der Waals surface area contributed by atoms with Gasteiger partial charge >= 0.3 is 0 Å². The molecule has 2 fully saturated rings. The number of aryl methyl sites for hydroxylation is 1. The highest BCUT2D eigenvalue weighted by Gasteiger charge is 2.31. The zero-order valence-corrected chi connectivity index (χ0v) is 11.1. The van der Waals surface area contributed by atoms with Crippen LogP contribution in [0.5, 0.6) is 0 Å². The summed E-state index contributed by atoms with van der Waals surface area (Å²) in [5.74, 6) is 0. The van der Waals surface area contributed by atoms with Crippen molar-refractivity contribution in [2.75, 3.05) is 13.1 Å². The standard InChI is InChI=1S/C13H22N4O/c1-10-13(16-18-15-10)9-17(12-5-6-12)8-11-4-2-3-7-14-11/h11-12,14H,2-9H2,1H3. The Labute approximate surface area is 108 Å². The van der Waals surface area contributed by atoms with Gasteiger partial charge in [-0.05, 0) is 39.2 Å². The summed E-state index contributed by atoms with van der Waals surface area (Å²) in [6.45, 7) is 5.17. The number of aromatic nitrogens is 2. The first-order valence-corrected chi connectivity index (χ1v) is 7.08. The third kappa shape index (κ3) is 2.90. The maximum Gasteiger partial charge on any atom is 0.122 e. The molecular weight excluding hydrogens is 228 g/mol. The van der Waals surface area contributed by atoms with Crippen LogP contribution in [-0.4, -0.2) is 40.4 Å². The molecule has 5 heteroatoms. The minimum Gasteiger partial charge on any atom is -0.313 e. The van der Waals surface area contributed by atoms with Gasteiger partial charge in [-0.1, -0.05) is 16.7 Å². The lowest BCUT2D eigenvalue weighted by Gasteiger charge is -2.30. The first kappa shape index (κ1) is 12.1. The van der Waals surface area contributed by atoms with Crippen molar-refractivity contribution in [3.05, 3.63) is 11.4 Å². The molecule has 1 aromatic heterocycles. The molecule has 1 aromatic rings. The van der Waals surface area contributed by atoms with E-state index < -0.39 is 0 Å². The van der Waals surface area contributed by atoms with Crippen LogP contribution >= 0.6 is 0 Å². The lowest BCUT2D eigenvalue weighted by atomic mass is 10.0. The fourth-order valence-electron chi connectivity index (χ4n) is 2.73. The fraction of sp³-hybridized carbons (Fsp3) is 0.846.